The first-order valence-corrected chi connectivity index (χ1v) is 8.79. The summed E-state index contributed by atoms with van der Waals surface area (Å²) in [5.41, 5.74) is 2.62. The molecule has 1 aromatic carbocycles. The van der Waals surface area contributed by atoms with Gasteiger partial charge in [-0.05, 0) is 50.2 Å². The normalized spacial score (nSPS) is 28.1. The number of aryl methyl sites for hydroxylation is 1. The minimum atomic E-state index is 0.183. The third kappa shape index (κ3) is 3.29. The molecule has 120 valence electrons. The lowest BCUT2D eigenvalue weighted by Crippen LogP contribution is -2.48. The fourth-order valence-corrected chi connectivity index (χ4v) is 3.94. The van der Waals surface area contributed by atoms with Gasteiger partial charge in [0.15, 0.2) is 0 Å². The molecule has 3 heteroatoms. The first kappa shape index (κ1) is 15.4. The van der Waals surface area contributed by atoms with E-state index in [1.807, 2.05) is 0 Å². The van der Waals surface area contributed by atoms with Gasteiger partial charge in [-0.1, -0.05) is 38.0 Å². The van der Waals surface area contributed by atoms with E-state index in [4.69, 9.17) is 0 Å². The second-order valence-electron chi connectivity index (χ2n) is 7.08. The highest BCUT2D eigenvalue weighted by molar-refractivity contribution is 5.82. The molecule has 0 bridgehead atoms. The van der Waals surface area contributed by atoms with Crippen molar-refractivity contribution in [1.82, 2.24) is 5.32 Å². The molecule has 3 atom stereocenters. The summed E-state index contributed by atoms with van der Waals surface area (Å²) < 4.78 is 0. The molecule has 0 unspecified atom stereocenters. The summed E-state index contributed by atoms with van der Waals surface area (Å²) in [5.74, 6) is 0.797. The van der Waals surface area contributed by atoms with Crippen molar-refractivity contribution in [2.45, 2.75) is 64.5 Å². The van der Waals surface area contributed by atoms with Crippen LogP contribution in [0.3, 0.4) is 0 Å². The highest BCUT2D eigenvalue weighted by Crippen LogP contribution is 2.30. The quantitative estimate of drug-likeness (QED) is 0.926. The number of anilines is 1. The van der Waals surface area contributed by atoms with E-state index in [0.29, 0.717) is 24.5 Å². The van der Waals surface area contributed by atoms with Crippen molar-refractivity contribution in [1.29, 1.82) is 0 Å². The molecule has 1 saturated carbocycles. The largest absolute Gasteiger partial charge is 0.359 e. The van der Waals surface area contributed by atoms with Crippen LogP contribution in [0.4, 0.5) is 5.69 Å². The van der Waals surface area contributed by atoms with Gasteiger partial charge in [-0.2, -0.15) is 0 Å². The molecule has 1 heterocycles. The highest BCUT2D eigenvalue weighted by Gasteiger charge is 2.27. The van der Waals surface area contributed by atoms with Crippen LogP contribution in [0.1, 0.15) is 51.5 Å². The molecule has 1 aromatic rings. The van der Waals surface area contributed by atoms with E-state index in [2.05, 4.69) is 48.3 Å². The van der Waals surface area contributed by atoms with Gasteiger partial charge in [0.05, 0.1) is 6.54 Å². The van der Waals surface area contributed by atoms with Gasteiger partial charge in [0.2, 0.25) is 5.91 Å². The van der Waals surface area contributed by atoms with E-state index in [1.54, 1.807) is 0 Å². The first-order valence-electron chi connectivity index (χ1n) is 8.79. The number of carbonyl (C=O) groups excluding carboxylic acids is 1. The fraction of sp³-hybridized carbons (Fsp3) is 0.632. The lowest BCUT2D eigenvalue weighted by atomic mass is 9.86. The van der Waals surface area contributed by atoms with E-state index in [9.17, 15) is 4.79 Å². The maximum atomic E-state index is 12.5. The number of carbonyl (C=O) groups is 1. The van der Waals surface area contributed by atoms with E-state index >= 15 is 0 Å². The SMILES string of the molecule is C[C@H]1CCCC[C@@H]1NC(=O)CN1c2ccccc2CC[C@@H]1C. The van der Waals surface area contributed by atoms with Crippen LogP contribution in [0.5, 0.6) is 0 Å². The van der Waals surface area contributed by atoms with Crippen LogP contribution in [-0.4, -0.2) is 24.5 Å². The van der Waals surface area contributed by atoms with Crippen molar-refractivity contribution in [2.75, 3.05) is 11.4 Å². The Morgan fingerprint density at radius 3 is 2.77 bits per heavy atom. The lowest BCUT2D eigenvalue weighted by Gasteiger charge is -2.37. The molecule has 1 aliphatic carbocycles. The molecule has 1 aliphatic heterocycles. The Kier molecular flexibility index (Phi) is 4.70. The topological polar surface area (TPSA) is 32.3 Å². The number of para-hydroxylation sites is 1. The molecule has 0 spiro atoms. The zero-order valence-electron chi connectivity index (χ0n) is 13.8. The Morgan fingerprint density at radius 1 is 1.18 bits per heavy atom. The first-order chi connectivity index (χ1) is 10.6. The number of rotatable bonds is 3. The van der Waals surface area contributed by atoms with Crippen molar-refractivity contribution in [3.8, 4) is 0 Å². The molecule has 22 heavy (non-hydrogen) atoms. The van der Waals surface area contributed by atoms with E-state index < -0.39 is 0 Å². The number of hydrogen-bond donors (Lipinski definition) is 1. The molecule has 3 nitrogen and oxygen atoms in total. The van der Waals surface area contributed by atoms with Gasteiger partial charge in [0.1, 0.15) is 0 Å². The molecule has 0 aromatic heterocycles. The summed E-state index contributed by atoms with van der Waals surface area (Å²) in [6, 6.07) is 9.32. The Hall–Kier alpha value is -1.51. The second-order valence-corrected chi connectivity index (χ2v) is 7.08. The van der Waals surface area contributed by atoms with Crippen LogP contribution in [0.2, 0.25) is 0 Å². The summed E-state index contributed by atoms with van der Waals surface area (Å²) in [5, 5.41) is 3.29. The van der Waals surface area contributed by atoms with Gasteiger partial charge in [-0.15, -0.1) is 0 Å². The van der Waals surface area contributed by atoms with Gasteiger partial charge in [-0.3, -0.25) is 4.79 Å². The summed E-state index contributed by atoms with van der Waals surface area (Å²) in [6.45, 7) is 4.98. The van der Waals surface area contributed by atoms with Crippen molar-refractivity contribution in [3.05, 3.63) is 29.8 Å². The van der Waals surface area contributed by atoms with Gasteiger partial charge < -0.3 is 10.2 Å². The summed E-state index contributed by atoms with van der Waals surface area (Å²) >= 11 is 0. The third-order valence-electron chi connectivity index (χ3n) is 5.44. The Balaban J connectivity index is 1.66. The van der Waals surface area contributed by atoms with Gasteiger partial charge >= 0.3 is 0 Å². The second kappa shape index (κ2) is 6.72. The molecule has 2 aliphatic rings. The summed E-state index contributed by atoms with van der Waals surface area (Å²) in [4.78, 5) is 14.8. The average Bonchev–Trinajstić information content (AvgIpc) is 2.52. The van der Waals surface area contributed by atoms with E-state index in [-0.39, 0.29) is 5.91 Å². The van der Waals surface area contributed by atoms with Crippen LogP contribution in [0.15, 0.2) is 24.3 Å². The predicted molar refractivity (Wildman–Crippen MR) is 91.1 cm³/mol. The maximum absolute atomic E-state index is 12.5. The predicted octanol–water partition coefficient (Wildman–Crippen LogP) is 3.52. The third-order valence-corrected chi connectivity index (χ3v) is 5.44. The average molecular weight is 300 g/mol. The Morgan fingerprint density at radius 2 is 1.95 bits per heavy atom. The van der Waals surface area contributed by atoms with E-state index in [1.165, 1.54) is 30.5 Å². The Labute approximate surface area is 134 Å². The van der Waals surface area contributed by atoms with E-state index in [0.717, 1.165) is 19.3 Å². The van der Waals surface area contributed by atoms with Crippen molar-refractivity contribution < 1.29 is 4.79 Å². The molecule has 1 N–H and O–H groups in total. The van der Waals surface area contributed by atoms with Crippen LogP contribution in [-0.2, 0) is 11.2 Å². The molecular formula is C19H28N2O. The smallest absolute Gasteiger partial charge is 0.239 e. The summed E-state index contributed by atoms with van der Waals surface area (Å²) in [6.07, 6.45) is 7.19. The van der Waals surface area contributed by atoms with Crippen molar-refractivity contribution in [2.24, 2.45) is 5.92 Å². The zero-order chi connectivity index (χ0) is 15.5. The lowest BCUT2D eigenvalue weighted by molar-refractivity contribution is -0.121. The number of nitrogens with one attached hydrogen (secondary N) is 1. The number of benzene rings is 1. The fourth-order valence-electron chi connectivity index (χ4n) is 3.94. The molecular weight excluding hydrogens is 272 g/mol. The molecule has 1 fully saturated rings. The van der Waals surface area contributed by atoms with Crippen LogP contribution in [0.25, 0.3) is 0 Å². The standard InChI is InChI=1S/C19H28N2O/c1-14-7-3-5-9-17(14)20-19(22)13-21-15(2)11-12-16-8-4-6-10-18(16)21/h4,6,8,10,14-15,17H,3,5,7,9,11-13H2,1-2H3,(H,20,22)/t14-,15-,17-/m0/s1. The molecule has 0 radical (unpaired) electrons. The monoisotopic (exact) mass is 300 g/mol. The number of nitrogens with zero attached hydrogens (tertiary/aromatic N) is 1. The maximum Gasteiger partial charge on any atom is 0.239 e. The van der Waals surface area contributed by atoms with Gasteiger partial charge in [-0.25, -0.2) is 0 Å². The Bertz CT molecular complexity index is 528. The minimum absolute atomic E-state index is 0.183. The molecule has 0 saturated heterocycles. The number of amides is 1. The van der Waals surface area contributed by atoms with Gasteiger partial charge in [0, 0.05) is 17.8 Å². The van der Waals surface area contributed by atoms with Gasteiger partial charge in [0.25, 0.3) is 0 Å². The number of hydrogen-bond acceptors (Lipinski definition) is 2. The highest BCUT2D eigenvalue weighted by atomic mass is 16.2. The number of fused-ring (bicyclic) bond motifs is 1. The van der Waals surface area contributed by atoms with Crippen molar-refractivity contribution in [3.63, 3.8) is 0 Å². The summed E-state index contributed by atoms with van der Waals surface area (Å²) in [7, 11) is 0. The van der Waals surface area contributed by atoms with Crippen LogP contribution >= 0.6 is 0 Å². The van der Waals surface area contributed by atoms with Crippen LogP contribution in [0, 0.1) is 5.92 Å². The van der Waals surface area contributed by atoms with Crippen LogP contribution < -0.4 is 10.2 Å². The molecule has 3 rings (SSSR count). The van der Waals surface area contributed by atoms with Crippen molar-refractivity contribution >= 4 is 11.6 Å². The zero-order valence-corrected chi connectivity index (χ0v) is 13.8. The molecule has 1 amide bonds. The minimum Gasteiger partial charge on any atom is -0.359 e.